The summed E-state index contributed by atoms with van der Waals surface area (Å²) in [5.41, 5.74) is 1.99. The molecule has 0 spiro atoms. The first-order valence-electron chi connectivity index (χ1n) is 8.66. The molecule has 1 aromatic heterocycles. The van der Waals surface area contributed by atoms with E-state index >= 15 is 0 Å². The van der Waals surface area contributed by atoms with Crippen LogP contribution in [-0.2, 0) is 0 Å². The second kappa shape index (κ2) is 7.41. The van der Waals surface area contributed by atoms with Crippen LogP contribution in [0.25, 0.3) is 11.3 Å². The van der Waals surface area contributed by atoms with Crippen LogP contribution in [0.4, 0.5) is 10.5 Å². The number of carbonyl (C=O) groups is 1. The topological polar surface area (TPSA) is 85.6 Å². The number of amides is 2. The van der Waals surface area contributed by atoms with Crippen LogP contribution in [0.5, 0.6) is 11.5 Å². The molecule has 1 atom stereocenters. The quantitative estimate of drug-likeness (QED) is 0.738. The number of nitrogens with one attached hydrogen (secondary N) is 2. The molecule has 0 fully saturated rings. The van der Waals surface area contributed by atoms with E-state index in [0.29, 0.717) is 41.8 Å². The number of aromatic nitrogens is 1. The molecule has 0 radical (unpaired) electrons. The van der Waals surface area contributed by atoms with Crippen molar-refractivity contribution in [3.63, 3.8) is 0 Å². The minimum Gasteiger partial charge on any atom is -0.486 e. The van der Waals surface area contributed by atoms with Gasteiger partial charge in [-0.25, -0.2) is 4.79 Å². The average Bonchev–Trinajstić information content (AvgIpc) is 3.07. The third-order valence-corrected chi connectivity index (χ3v) is 4.20. The largest absolute Gasteiger partial charge is 0.486 e. The Labute approximate surface area is 156 Å². The summed E-state index contributed by atoms with van der Waals surface area (Å²) < 4.78 is 16.9. The van der Waals surface area contributed by atoms with Gasteiger partial charge in [-0.2, -0.15) is 0 Å². The molecule has 2 heterocycles. The Balaban J connectivity index is 1.38. The van der Waals surface area contributed by atoms with Gasteiger partial charge in [0.2, 0.25) is 0 Å². The predicted octanol–water partition coefficient (Wildman–Crippen LogP) is 3.61. The monoisotopic (exact) mass is 365 g/mol. The normalized spacial score (nSPS) is 15.2. The van der Waals surface area contributed by atoms with Gasteiger partial charge in [-0.3, -0.25) is 0 Å². The summed E-state index contributed by atoms with van der Waals surface area (Å²) in [7, 11) is 0. The molecule has 2 N–H and O–H groups in total. The van der Waals surface area contributed by atoms with Crippen molar-refractivity contribution in [2.75, 3.05) is 18.5 Å². The first-order valence-corrected chi connectivity index (χ1v) is 8.66. The Kier molecular flexibility index (Phi) is 4.65. The van der Waals surface area contributed by atoms with Crippen LogP contribution in [0.3, 0.4) is 0 Å². The number of nitrogens with zero attached hydrogens (tertiary/aromatic N) is 1. The molecule has 0 saturated heterocycles. The third kappa shape index (κ3) is 3.72. The first kappa shape index (κ1) is 17.0. The predicted molar refractivity (Wildman–Crippen MR) is 100 cm³/mol. The number of ether oxygens (including phenoxy) is 2. The molecule has 0 aliphatic carbocycles. The molecular weight excluding hydrogens is 346 g/mol. The molecule has 1 unspecified atom stereocenters. The summed E-state index contributed by atoms with van der Waals surface area (Å²) in [6.45, 7) is 2.46. The third-order valence-electron chi connectivity index (χ3n) is 4.20. The maximum absolute atomic E-state index is 12.3. The lowest BCUT2D eigenvalue weighted by Crippen LogP contribution is -2.42. The van der Waals surface area contributed by atoms with Crippen LogP contribution in [0, 0.1) is 6.92 Å². The van der Waals surface area contributed by atoms with Crippen molar-refractivity contribution in [1.29, 1.82) is 0 Å². The van der Waals surface area contributed by atoms with Crippen molar-refractivity contribution in [2.24, 2.45) is 0 Å². The van der Waals surface area contributed by atoms with Gasteiger partial charge in [-0.15, -0.1) is 0 Å². The maximum Gasteiger partial charge on any atom is 0.319 e. The minimum atomic E-state index is -0.360. The number of anilines is 1. The van der Waals surface area contributed by atoms with Gasteiger partial charge in [0.15, 0.2) is 23.4 Å². The Morgan fingerprint density at radius 2 is 1.85 bits per heavy atom. The molecule has 0 bridgehead atoms. The fourth-order valence-corrected chi connectivity index (χ4v) is 2.83. The maximum atomic E-state index is 12.3. The Morgan fingerprint density at radius 3 is 2.67 bits per heavy atom. The Bertz CT molecular complexity index is 939. The number of benzene rings is 2. The lowest BCUT2D eigenvalue weighted by Gasteiger charge is -2.26. The molecule has 138 valence electrons. The molecule has 2 aromatic carbocycles. The summed E-state index contributed by atoms with van der Waals surface area (Å²) in [5, 5.41) is 9.58. The van der Waals surface area contributed by atoms with E-state index in [1.165, 1.54) is 0 Å². The van der Waals surface area contributed by atoms with Crippen molar-refractivity contribution in [3.8, 4) is 22.8 Å². The minimum absolute atomic E-state index is 0.261. The van der Waals surface area contributed by atoms with Gasteiger partial charge in [-0.05, 0) is 19.1 Å². The summed E-state index contributed by atoms with van der Waals surface area (Å²) in [6, 6.07) is 16.6. The molecule has 1 aliphatic heterocycles. The second-order valence-electron chi connectivity index (χ2n) is 6.17. The van der Waals surface area contributed by atoms with Gasteiger partial charge in [-0.1, -0.05) is 47.6 Å². The lowest BCUT2D eigenvalue weighted by atomic mass is 10.1. The molecule has 1 aliphatic rings. The molecule has 7 heteroatoms. The molecule has 3 aromatic rings. The fraction of sp³-hybridized carbons (Fsp3) is 0.200. The number of aryl methyl sites for hydroxylation is 1. The van der Waals surface area contributed by atoms with E-state index < -0.39 is 0 Å². The van der Waals surface area contributed by atoms with Gasteiger partial charge in [0, 0.05) is 5.56 Å². The number of hydrogen-bond acceptors (Lipinski definition) is 5. The zero-order valence-electron chi connectivity index (χ0n) is 14.8. The van der Waals surface area contributed by atoms with Crippen LogP contribution < -0.4 is 20.1 Å². The molecular formula is C20H19N3O4. The number of carbonyl (C=O) groups excluding carboxylic acids is 1. The van der Waals surface area contributed by atoms with E-state index in [-0.39, 0.29) is 12.1 Å². The van der Waals surface area contributed by atoms with Crippen molar-refractivity contribution in [3.05, 3.63) is 60.3 Å². The molecule has 27 heavy (non-hydrogen) atoms. The van der Waals surface area contributed by atoms with Crippen LogP contribution >= 0.6 is 0 Å². The Morgan fingerprint density at radius 1 is 1.11 bits per heavy atom. The fourth-order valence-electron chi connectivity index (χ4n) is 2.83. The number of hydrogen-bond donors (Lipinski definition) is 2. The number of fused-ring (bicyclic) bond motifs is 1. The molecule has 7 nitrogen and oxygen atoms in total. The highest BCUT2D eigenvalue weighted by atomic mass is 16.6. The van der Waals surface area contributed by atoms with Crippen molar-refractivity contribution in [2.45, 2.75) is 13.0 Å². The van der Waals surface area contributed by atoms with Gasteiger partial charge in [0.05, 0.1) is 6.54 Å². The van der Waals surface area contributed by atoms with E-state index in [1.807, 2.05) is 54.6 Å². The van der Waals surface area contributed by atoms with Crippen molar-refractivity contribution < 1.29 is 18.8 Å². The first-order chi connectivity index (χ1) is 13.2. The summed E-state index contributed by atoms with van der Waals surface area (Å²) in [5.74, 6) is 1.91. The summed E-state index contributed by atoms with van der Waals surface area (Å²) >= 11 is 0. The number of para-hydroxylation sites is 2. The summed E-state index contributed by atoms with van der Waals surface area (Å²) in [4.78, 5) is 12.3. The van der Waals surface area contributed by atoms with Crippen LogP contribution in [-0.4, -0.2) is 30.4 Å². The van der Waals surface area contributed by atoms with Crippen molar-refractivity contribution >= 4 is 11.7 Å². The van der Waals surface area contributed by atoms with Crippen LogP contribution in [0.1, 0.15) is 5.69 Å². The van der Waals surface area contributed by atoms with Crippen LogP contribution in [0.2, 0.25) is 0 Å². The van der Waals surface area contributed by atoms with E-state index in [4.69, 9.17) is 14.0 Å². The van der Waals surface area contributed by atoms with E-state index in [1.54, 1.807) is 6.92 Å². The average molecular weight is 365 g/mol. The number of rotatable bonds is 4. The molecule has 0 saturated carbocycles. The second-order valence-corrected chi connectivity index (χ2v) is 6.17. The highest BCUT2D eigenvalue weighted by Gasteiger charge is 2.22. The SMILES string of the molecule is Cc1noc(-c2ccccc2)c1NC(=O)NCC1COc2ccccc2O1. The standard InChI is InChI=1S/C20H19N3O4/c1-13-18(19(27-23-13)14-7-3-2-4-8-14)22-20(24)21-11-15-12-25-16-9-5-6-10-17(16)26-15/h2-10,15H,11-12H2,1H3,(H2,21,22,24). The van der Waals surface area contributed by atoms with Gasteiger partial charge < -0.3 is 24.6 Å². The van der Waals surface area contributed by atoms with E-state index in [0.717, 1.165) is 5.56 Å². The van der Waals surface area contributed by atoms with Gasteiger partial charge in [0.1, 0.15) is 18.0 Å². The van der Waals surface area contributed by atoms with Gasteiger partial charge in [0.25, 0.3) is 0 Å². The zero-order valence-corrected chi connectivity index (χ0v) is 14.8. The van der Waals surface area contributed by atoms with Gasteiger partial charge >= 0.3 is 6.03 Å². The van der Waals surface area contributed by atoms with Crippen molar-refractivity contribution in [1.82, 2.24) is 10.5 Å². The highest BCUT2D eigenvalue weighted by molar-refractivity contribution is 5.93. The van der Waals surface area contributed by atoms with E-state index in [9.17, 15) is 4.79 Å². The molecule has 4 rings (SSSR count). The Hall–Kier alpha value is -3.48. The zero-order chi connectivity index (χ0) is 18.6. The van der Waals surface area contributed by atoms with E-state index in [2.05, 4.69) is 15.8 Å². The summed E-state index contributed by atoms with van der Waals surface area (Å²) in [6.07, 6.45) is -0.261. The smallest absolute Gasteiger partial charge is 0.319 e. The number of urea groups is 1. The van der Waals surface area contributed by atoms with Crippen LogP contribution in [0.15, 0.2) is 59.1 Å². The highest BCUT2D eigenvalue weighted by Crippen LogP contribution is 2.31. The molecule has 2 amide bonds. The lowest BCUT2D eigenvalue weighted by molar-refractivity contribution is 0.0922.